The van der Waals surface area contributed by atoms with Gasteiger partial charge in [0.2, 0.25) is 0 Å². The summed E-state index contributed by atoms with van der Waals surface area (Å²) in [6, 6.07) is 0.705. The van der Waals surface area contributed by atoms with Crippen molar-refractivity contribution >= 4 is 0 Å². The Morgan fingerprint density at radius 3 is 2.23 bits per heavy atom. The molecule has 0 radical (unpaired) electrons. The fourth-order valence-electron chi connectivity index (χ4n) is 1.43. The molecule has 13 heavy (non-hydrogen) atoms. The summed E-state index contributed by atoms with van der Waals surface area (Å²) in [5, 5.41) is 9.33. The highest BCUT2D eigenvalue weighted by Gasteiger charge is 2.17. The van der Waals surface area contributed by atoms with Crippen LogP contribution in [0.3, 0.4) is 0 Å². The summed E-state index contributed by atoms with van der Waals surface area (Å²) in [6.07, 6.45) is 0. The molecule has 0 spiro atoms. The molecule has 1 nitrogen and oxygen atoms in total. The second-order valence-electron chi connectivity index (χ2n) is 3.38. The molecular formula is C10H12F2O. The van der Waals surface area contributed by atoms with E-state index in [-0.39, 0.29) is 5.92 Å². The van der Waals surface area contributed by atoms with Crippen LogP contribution in [0.1, 0.15) is 30.9 Å². The Hall–Kier alpha value is -1.12. The number of benzene rings is 1. The highest BCUT2D eigenvalue weighted by Crippen LogP contribution is 2.32. The average Bonchev–Trinajstić information content (AvgIpc) is 2.01. The van der Waals surface area contributed by atoms with Crippen LogP contribution in [0.15, 0.2) is 6.07 Å². The van der Waals surface area contributed by atoms with Crippen LogP contribution in [0.5, 0.6) is 5.75 Å². The molecule has 0 aromatic heterocycles. The maximum absolute atomic E-state index is 13.0. The Kier molecular flexibility index (Phi) is 2.55. The summed E-state index contributed by atoms with van der Waals surface area (Å²) in [4.78, 5) is 0. The predicted molar refractivity (Wildman–Crippen MR) is 46.8 cm³/mol. The molecule has 0 aliphatic heterocycles. The highest BCUT2D eigenvalue weighted by molar-refractivity contribution is 5.42. The van der Waals surface area contributed by atoms with Gasteiger partial charge in [-0.15, -0.1) is 0 Å². The standard InChI is InChI=1S/C10H12F2O/c1-5(2)9-6(3)7(11)4-8(12)10(9)13/h4-5,13H,1-3H3. The third kappa shape index (κ3) is 1.64. The van der Waals surface area contributed by atoms with E-state index in [9.17, 15) is 13.9 Å². The molecule has 1 N–H and O–H groups in total. The third-order valence-electron chi connectivity index (χ3n) is 2.07. The predicted octanol–water partition coefficient (Wildman–Crippen LogP) is 3.10. The van der Waals surface area contributed by atoms with Gasteiger partial charge >= 0.3 is 0 Å². The topological polar surface area (TPSA) is 20.2 Å². The van der Waals surface area contributed by atoms with Gasteiger partial charge < -0.3 is 5.11 Å². The quantitative estimate of drug-likeness (QED) is 0.714. The van der Waals surface area contributed by atoms with Gasteiger partial charge in [-0.25, -0.2) is 8.78 Å². The van der Waals surface area contributed by atoms with Crippen molar-refractivity contribution in [3.63, 3.8) is 0 Å². The van der Waals surface area contributed by atoms with E-state index in [1.54, 1.807) is 13.8 Å². The smallest absolute Gasteiger partial charge is 0.168 e. The van der Waals surface area contributed by atoms with Crippen LogP contribution in [0.4, 0.5) is 8.78 Å². The molecule has 3 heteroatoms. The van der Waals surface area contributed by atoms with E-state index in [1.165, 1.54) is 6.92 Å². The lowest BCUT2D eigenvalue weighted by Gasteiger charge is -2.12. The molecule has 0 bridgehead atoms. The minimum Gasteiger partial charge on any atom is -0.505 e. The molecule has 0 aliphatic rings. The van der Waals surface area contributed by atoms with Crippen molar-refractivity contribution in [2.24, 2.45) is 0 Å². The molecule has 0 unspecified atom stereocenters. The molecule has 1 aromatic carbocycles. The van der Waals surface area contributed by atoms with Gasteiger partial charge in [-0.3, -0.25) is 0 Å². The fraction of sp³-hybridized carbons (Fsp3) is 0.400. The van der Waals surface area contributed by atoms with Gasteiger partial charge in [-0.1, -0.05) is 13.8 Å². The molecule has 0 fully saturated rings. The molecule has 0 aliphatic carbocycles. The van der Waals surface area contributed by atoms with Crippen molar-refractivity contribution in [3.05, 3.63) is 28.8 Å². The zero-order valence-corrected chi connectivity index (χ0v) is 7.86. The van der Waals surface area contributed by atoms with Gasteiger partial charge in [0.1, 0.15) is 5.82 Å². The van der Waals surface area contributed by atoms with Crippen LogP contribution in [-0.4, -0.2) is 5.11 Å². The Labute approximate surface area is 76.0 Å². The maximum atomic E-state index is 13.0. The monoisotopic (exact) mass is 186 g/mol. The first-order valence-electron chi connectivity index (χ1n) is 4.12. The second-order valence-corrected chi connectivity index (χ2v) is 3.38. The van der Waals surface area contributed by atoms with Crippen LogP contribution in [0.2, 0.25) is 0 Å². The molecule has 0 heterocycles. The molecular weight excluding hydrogens is 174 g/mol. The maximum Gasteiger partial charge on any atom is 0.168 e. The SMILES string of the molecule is Cc1c(F)cc(F)c(O)c1C(C)C. The summed E-state index contributed by atoms with van der Waals surface area (Å²) >= 11 is 0. The number of rotatable bonds is 1. The molecule has 0 amide bonds. The lowest BCUT2D eigenvalue weighted by Crippen LogP contribution is -1.98. The number of phenolic OH excluding ortho intramolecular Hbond substituents is 1. The van der Waals surface area contributed by atoms with Crippen molar-refractivity contribution in [1.82, 2.24) is 0 Å². The van der Waals surface area contributed by atoms with Crippen molar-refractivity contribution in [3.8, 4) is 5.75 Å². The van der Waals surface area contributed by atoms with Gasteiger partial charge in [0, 0.05) is 11.6 Å². The van der Waals surface area contributed by atoms with Crippen LogP contribution < -0.4 is 0 Å². The minimum absolute atomic E-state index is 0.0924. The molecule has 0 saturated heterocycles. The fourth-order valence-corrected chi connectivity index (χ4v) is 1.43. The van der Waals surface area contributed by atoms with Gasteiger partial charge in [-0.05, 0) is 18.4 Å². The Bertz CT molecular complexity index is 306. The normalized spacial score (nSPS) is 10.9. The summed E-state index contributed by atoms with van der Waals surface area (Å²) in [5.41, 5.74) is 0.659. The number of hydrogen-bond donors (Lipinski definition) is 1. The van der Waals surface area contributed by atoms with Crippen molar-refractivity contribution in [1.29, 1.82) is 0 Å². The molecule has 0 saturated carbocycles. The summed E-state index contributed by atoms with van der Waals surface area (Å²) in [5.74, 6) is -2.04. The lowest BCUT2D eigenvalue weighted by molar-refractivity contribution is 0.416. The van der Waals surface area contributed by atoms with Crippen LogP contribution in [0, 0.1) is 18.6 Å². The van der Waals surface area contributed by atoms with Crippen molar-refractivity contribution in [2.45, 2.75) is 26.7 Å². The molecule has 0 atom stereocenters. The minimum atomic E-state index is -0.896. The molecule has 1 rings (SSSR count). The first-order valence-corrected chi connectivity index (χ1v) is 4.12. The summed E-state index contributed by atoms with van der Waals surface area (Å²) < 4.78 is 25.9. The zero-order chi connectivity index (χ0) is 10.2. The second kappa shape index (κ2) is 3.32. The first-order chi connectivity index (χ1) is 5.95. The van der Waals surface area contributed by atoms with Gasteiger partial charge in [-0.2, -0.15) is 0 Å². The largest absolute Gasteiger partial charge is 0.505 e. The van der Waals surface area contributed by atoms with E-state index in [2.05, 4.69) is 0 Å². The Morgan fingerprint density at radius 2 is 1.77 bits per heavy atom. The van der Waals surface area contributed by atoms with Crippen molar-refractivity contribution < 1.29 is 13.9 Å². The van der Waals surface area contributed by atoms with E-state index < -0.39 is 17.4 Å². The number of halogens is 2. The zero-order valence-electron chi connectivity index (χ0n) is 7.86. The molecule has 1 aromatic rings. The Balaban J connectivity index is 3.46. The number of aromatic hydroxyl groups is 1. The van der Waals surface area contributed by atoms with E-state index in [1.807, 2.05) is 0 Å². The van der Waals surface area contributed by atoms with Gasteiger partial charge in [0.15, 0.2) is 11.6 Å². The van der Waals surface area contributed by atoms with Crippen LogP contribution in [-0.2, 0) is 0 Å². The van der Waals surface area contributed by atoms with Crippen LogP contribution >= 0.6 is 0 Å². The summed E-state index contributed by atoms with van der Waals surface area (Å²) in [7, 11) is 0. The van der Waals surface area contributed by atoms with E-state index >= 15 is 0 Å². The highest BCUT2D eigenvalue weighted by atomic mass is 19.1. The van der Waals surface area contributed by atoms with E-state index in [0.717, 1.165) is 0 Å². The first kappa shape index (κ1) is 9.96. The van der Waals surface area contributed by atoms with Gasteiger partial charge in [0.05, 0.1) is 0 Å². The van der Waals surface area contributed by atoms with E-state index in [4.69, 9.17) is 0 Å². The Morgan fingerprint density at radius 1 is 1.23 bits per heavy atom. The molecule has 72 valence electrons. The van der Waals surface area contributed by atoms with Crippen LogP contribution in [0.25, 0.3) is 0 Å². The van der Waals surface area contributed by atoms with Gasteiger partial charge in [0.25, 0.3) is 0 Å². The van der Waals surface area contributed by atoms with Crippen molar-refractivity contribution in [2.75, 3.05) is 0 Å². The number of hydrogen-bond acceptors (Lipinski definition) is 1. The lowest BCUT2D eigenvalue weighted by atomic mass is 9.96. The summed E-state index contributed by atoms with van der Waals surface area (Å²) in [6.45, 7) is 5.09. The third-order valence-corrected chi connectivity index (χ3v) is 2.07. The number of phenols is 1. The average molecular weight is 186 g/mol. The van der Waals surface area contributed by atoms with E-state index in [0.29, 0.717) is 17.2 Å².